The summed E-state index contributed by atoms with van der Waals surface area (Å²) in [5.74, 6) is -1.47. The topological polar surface area (TPSA) is 95.9 Å². The van der Waals surface area contributed by atoms with E-state index in [-0.39, 0.29) is 25.6 Å². The van der Waals surface area contributed by atoms with Crippen molar-refractivity contribution < 1.29 is 24.2 Å². The van der Waals surface area contributed by atoms with Crippen LogP contribution in [0.15, 0.2) is 24.3 Å². The monoisotopic (exact) mass is 342 g/mol. The van der Waals surface area contributed by atoms with Crippen molar-refractivity contribution >= 4 is 29.4 Å². The Balaban J connectivity index is 2.66. The summed E-state index contributed by atoms with van der Waals surface area (Å²) < 4.78 is 5.33. The summed E-state index contributed by atoms with van der Waals surface area (Å²) >= 11 is 5.82. The van der Waals surface area contributed by atoms with Crippen LogP contribution < -0.4 is 10.1 Å². The van der Waals surface area contributed by atoms with Crippen LogP contribution in [-0.4, -0.2) is 53.5 Å². The molecule has 0 radical (unpaired) electrons. The van der Waals surface area contributed by atoms with Gasteiger partial charge >= 0.3 is 5.97 Å². The standard InChI is InChI=1S/C15H19ClN2O5/c1-10(15(21)22)18(7-6-17-11(2)19)14(20)9-23-13-5-3-4-12(16)8-13/h3-5,8,10H,6-7,9H2,1-2H3,(H,17,19)(H,21,22). The normalized spacial score (nSPS) is 11.4. The molecular weight excluding hydrogens is 324 g/mol. The Morgan fingerprint density at radius 3 is 2.65 bits per heavy atom. The van der Waals surface area contributed by atoms with Gasteiger partial charge in [0.15, 0.2) is 6.61 Å². The average molecular weight is 343 g/mol. The van der Waals surface area contributed by atoms with Crippen LogP contribution in [0.25, 0.3) is 0 Å². The predicted octanol–water partition coefficient (Wildman–Crippen LogP) is 1.16. The smallest absolute Gasteiger partial charge is 0.326 e. The Bertz CT molecular complexity index is 579. The van der Waals surface area contributed by atoms with Gasteiger partial charge in [-0.05, 0) is 25.1 Å². The number of carbonyl (C=O) groups excluding carboxylic acids is 2. The molecule has 2 amide bonds. The summed E-state index contributed by atoms with van der Waals surface area (Å²) in [6.45, 7) is 2.65. The molecule has 126 valence electrons. The van der Waals surface area contributed by atoms with Crippen molar-refractivity contribution in [3.8, 4) is 5.75 Å². The Morgan fingerprint density at radius 1 is 1.39 bits per heavy atom. The second-order valence-electron chi connectivity index (χ2n) is 4.83. The number of nitrogens with one attached hydrogen (secondary N) is 1. The zero-order chi connectivity index (χ0) is 17.4. The van der Waals surface area contributed by atoms with Gasteiger partial charge in [-0.1, -0.05) is 17.7 Å². The quantitative estimate of drug-likeness (QED) is 0.739. The lowest BCUT2D eigenvalue weighted by Gasteiger charge is -2.26. The number of carboxylic acids is 1. The number of aliphatic carboxylic acids is 1. The van der Waals surface area contributed by atoms with Crippen LogP contribution in [-0.2, 0) is 14.4 Å². The number of rotatable bonds is 8. The molecule has 0 fully saturated rings. The zero-order valence-corrected chi connectivity index (χ0v) is 13.7. The molecule has 0 saturated heterocycles. The summed E-state index contributed by atoms with van der Waals surface area (Å²) in [6.07, 6.45) is 0. The lowest BCUT2D eigenvalue weighted by atomic mass is 10.2. The van der Waals surface area contributed by atoms with E-state index in [4.69, 9.17) is 21.4 Å². The molecule has 0 aromatic heterocycles. The lowest BCUT2D eigenvalue weighted by Crippen LogP contribution is -2.48. The fourth-order valence-electron chi connectivity index (χ4n) is 1.80. The third-order valence-electron chi connectivity index (χ3n) is 3.03. The highest BCUT2D eigenvalue weighted by molar-refractivity contribution is 6.30. The molecule has 8 heteroatoms. The number of benzene rings is 1. The molecule has 1 aromatic rings. The summed E-state index contributed by atoms with van der Waals surface area (Å²) in [5.41, 5.74) is 0. The molecule has 1 rings (SSSR count). The highest BCUT2D eigenvalue weighted by Gasteiger charge is 2.25. The van der Waals surface area contributed by atoms with Crippen molar-refractivity contribution in [2.45, 2.75) is 19.9 Å². The molecule has 0 aliphatic heterocycles. The first-order valence-electron chi connectivity index (χ1n) is 6.96. The van der Waals surface area contributed by atoms with Crippen LogP contribution in [0.2, 0.25) is 5.02 Å². The Labute approximate surface area is 139 Å². The van der Waals surface area contributed by atoms with Crippen LogP contribution in [0, 0.1) is 0 Å². The maximum Gasteiger partial charge on any atom is 0.326 e. The molecule has 1 aromatic carbocycles. The van der Waals surface area contributed by atoms with Gasteiger partial charge in [0.2, 0.25) is 5.91 Å². The van der Waals surface area contributed by atoms with Gasteiger partial charge < -0.3 is 20.1 Å². The third-order valence-corrected chi connectivity index (χ3v) is 3.27. The fourth-order valence-corrected chi connectivity index (χ4v) is 1.99. The molecule has 2 N–H and O–H groups in total. The molecule has 1 unspecified atom stereocenters. The zero-order valence-electron chi connectivity index (χ0n) is 12.9. The van der Waals surface area contributed by atoms with Crippen molar-refractivity contribution in [1.29, 1.82) is 0 Å². The van der Waals surface area contributed by atoms with Crippen molar-refractivity contribution in [1.82, 2.24) is 10.2 Å². The molecule has 0 bridgehead atoms. The van der Waals surface area contributed by atoms with Crippen molar-refractivity contribution in [2.75, 3.05) is 19.7 Å². The Hall–Kier alpha value is -2.28. The van der Waals surface area contributed by atoms with E-state index in [9.17, 15) is 14.4 Å². The Morgan fingerprint density at radius 2 is 2.09 bits per heavy atom. The number of halogens is 1. The van der Waals surface area contributed by atoms with Gasteiger partial charge in [0.1, 0.15) is 11.8 Å². The first-order chi connectivity index (χ1) is 10.8. The van der Waals surface area contributed by atoms with Gasteiger partial charge in [0, 0.05) is 25.0 Å². The second kappa shape index (κ2) is 8.99. The van der Waals surface area contributed by atoms with Gasteiger partial charge in [-0.2, -0.15) is 0 Å². The maximum atomic E-state index is 12.2. The van der Waals surface area contributed by atoms with Crippen molar-refractivity contribution in [3.63, 3.8) is 0 Å². The largest absolute Gasteiger partial charge is 0.484 e. The number of carboxylic acid groups (broad SMARTS) is 1. The van der Waals surface area contributed by atoms with Gasteiger partial charge in [-0.25, -0.2) is 4.79 Å². The van der Waals surface area contributed by atoms with Crippen LogP contribution in [0.5, 0.6) is 5.75 Å². The van der Waals surface area contributed by atoms with Crippen LogP contribution in [0.1, 0.15) is 13.8 Å². The molecule has 0 spiro atoms. The first kappa shape index (κ1) is 18.8. The average Bonchev–Trinajstić information content (AvgIpc) is 2.48. The second-order valence-corrected chi connectivity index (χ2v) is 5.27. The summed E-state index contributed by atoms with van der Waals surface area (Å²) in [7, 11) is 0. The third kappa shape index (κ3) is 6.56. The van der Waals surface area contributed by atoms with Gasteiger partial charge in [0.25, 0.3) is 5.91 Å². The van der Waals surface area contributed by atoms with E-state index in [1.54, 1.807) is 24.3 Å². The minimum absolute atomic E-state index is 0.0742. The molecule has 7 nitrogen and oxygen atoms in total. The molecule has 0 aliphatic rings. The van der Waals surface area contributed by atoms with E-state index >= 15 is 0 Å². The predicted molar refractivity (Wildman–Crippen MR) is 84.4 cm³/mol. The number of hydrogen-bond donors (Lipinski definition) is 2. The van der Waals surface area contributed by atoms with E-state index in [0.29, 0.717) is 10.8 Å². The molecule has 0 aliphatic carbocycles. The van der Waals surface area contributed by atoms with Crippen LogP contribution >= 0.6 is 11.6 Å². The van der Waals surface area contributed by atoms with E-state index < -0.39 is 17.9 Å². The number of nitrogens with zero attached hydrogens (tertiary/aromatic N) is 1. The maximum absolute atomic E-state index is 12.2. The SMILES string of the molecule is CC(=O)NCCN(C(=O)COc1cccc(Cl)c1)C(C)C(=O)O. The molecule has 0 heterocycles. The number of ether oxygens (including phenoxy) is 1. The van der Waals surface area contributed by atoms with E-state index in [1.807, 2.05) is 0 Å². The minimum atomic E-state index is -1.14. The van der Waals surface area contributed by atoms with E-state index in [0.717, 1.165) is 4.90 Å². The Kier molecular flexibility index (Phi) is 7.34. The molecular formula is C15H19ClN2O5. The lowest BCUT2D eigenvalue weighted by molar-refractivity contribution is -0.150. The number of amides is 2. The molecule has 23 heavy (non-hydrogen) atoms. The number of carbonyl (C=O) groups is 3. The van der Waals surface area contributed by atoms with Crippen LogP contribution in [0.3, 0.4) is 0 Å². The van der Waals surface area contributed by atoms with E-state index in [2.05, 4.69) is 5.32 Å². The van der Waals surface area contributed by atoms with Crippen molar-refractivity contribution in [3.05, 3.63) is 29.3 Å². The van der Waals surface area contributed by atoms with Gasteiger partial charge in [-0.15, -0.1) is 0 Å². The highest BCUT2D eigenvalue weighted by Crippen LogP contribution is 2.17. The minimum Gasteiger partial charge on any atom is -0.484 e. The van der Waals surface area contributed by atoms with Crippen molar-refractivity contribution in [2.24, 2.45) is 0 Å². The van der Waals surface area contributed by atoms with Gasteiger partial charge in [-0.3, -0.25) is 9.59 Å². The summed E-state index contributed by atoms with van der Waals surface area (Å²) in [5, 5.41) is 12.1. The fraction of sp³-hybridized carbons (Fsp3) is 0.400. The summed E-state index contributed by atoms with van der Waals surface area (Å²) in [4.78, 5) is 35.4. The summed E-state index contributed by atoms with van der Waals surface area (Å²) in [6, 6.07) is 5.51. The van der Waals surface area contributed by atoms with E-state index in [1.165, 1.54) is 13.8 Å². The van der Waals surface area contributed by atoms with Gasteiger partial charge in [0.05, 0.1) is 0 Å². The highest BCUT2D eigenvalue weighted by atomic mass is 35.5. The van der Waals surface area contributed by atoms with Crippen LogP contribution in [0.4, 0.5) is 0 Å². The first-order valence-corrected chi connectivity index (χ1v) is 7.34. The molecule has 1 atom stereocenters. The number of hydrogen-bond acceptors (Lipinski definition) is 4. The molecule has 0 saturated carbocycles.